The molecule has 2 saturated heterocycles. The molecule has 0 bridgehead atoms. The van der Waals surface area contributed by atoms with Gasteiger partial charge in [0.15, 0.2) is 0 Å². The van der Waals surface area contributed by atoms with Gasteiger partial charge in [-0.25, -0.2) is 0 Å². The number of likely N-dealkylation sites (tertiary alicyclic amines) is 1. The molecule has 0 unspecified atom stereocenters. The van der Waals surface area contributed by atoms with Crippen LogP contribution in [0.5, 0.6) is 5.75 Å². The van der Waals surface area contributed by atoms with Gasteiger partial charge < -0.3 is 19.7 Å². The average molecular weight is 424 g/mol. The number of nitrogens with one attached hydrogen (secondary N) is 1. The van der Waals surface area contributed by atoms with Crippen LogP contribution in [0.3, 0.4) is 0 Å². The topological polar surface area (TPSA) is 46.6 Å². The predicted molar refractivity (Wildman–Crippen MR) is 126 cm³/mol. The van der Waals surface area contributed by atoms with Gasteiger partial charge in [-0.05, 0) is 84.0 Å². The minimum Gasteiger partial charge on any atom is -0.493 e. The molecule has 3 aliphatic rings. The van der Waals surface area contributed by atoms with Gasteiger partial charge in [-0.1, -0.05) is 0 Å². The average Bonchev–Trinajstić information content (AvgIpc) is 3.38. The lowest BCUT2D eigenvalue weighted by Crippen LogP contribution is -2.27. The number of rotatable bonds is 6. The molecule has 4 heterocycles. The Hall–Kier alpha value is -1.85. The van der Waals surface area contributed by atoms with E-state index in [0.717, 1.165) is 63.3 Å². The molecule has 5 rings (SSSR count). The van der Waals surface area contributed by atoms with E-state index in [9.17, 15) is 0 Å². The van der Waals surface area contributed by atoms with E-state index in [0.29, 0.717) is 5.92 Å². The maximum atomic E-state index is 6.24. The number of anilines is 1. The molecule has 5 heteroatoms. The zero-order valence-electron chi connectivity index (χ0n) is 19.4. The number of benzene rings is 1. The third-order valence-electron chi connectivity index (χ3n) is 7.18. The first-order chi connectivity index (χ1) is 15.0. The normalized spacial score (nSPS) is 21.4. The number of nitrogens with zero attached hydrogens (tertiary/aromatic N) is 2. The first kappa shape index (κ1) is 21.0. The standard InChI is InChI=1S/C26H37N3O2/c1-18-15-20-22(16-23(18)31-12-6-11-29-9-4-5-10-29)27-24(19-7-13-30-14-8-19)21-17-26(2,3)28-25(20)21/h15-16,19,28H,4-14,17H2,1-3H3. The SMILES string of the molecule is Cc1cc2c3c(c(C4CCOCC4)nc2cc1OCCCN1CCCC1)CC(C)(C)N3. The molecule has 2 fully saturated rings. The molecular weight excluding hydrogens is 386 g/mol. The van der Waals surface area contributed by atoms with Crippen LogP contribution < -0.4 is 10.1 Å². The Labute approximate surface area is 186 Å². The number of ether oxygens (including phenoxy) is 2. The van der Waals surface area contributed by atoms with Crippen LogP contribution >= 0.6 is 0 Å². The molecule has 1 aromatic carbocycles. The predicted octanol–water partition coefficient (Wildman–Crippen LogP) is 5.05. The largest absolute Gasteiger partial charge is 0.493 e. The van der Waals surface area contributed by atoms with E-state index >= 15 is 0 Å². The third kappa shape index (κ3) is 4.40. The van der Waals surface area contributed by atoms with E-state index in [2.05, 4.69) is 43.1 Å². The van der Waals surface area contributed by atoms with Crippen LogP contribution in [-0.2, 0) is 11.2 Å². The highest BCUT2D eigenvalue weighted by atomic mass is 16.5. The van der Waals surface area contributed by atoms with E-state index in [-0.39, 0.29) is 5.54 Å². The highest BCUT2D eigenvalue weighted by molar-refractivity contribution is 5.96. The Morgan fingerprint density at radius 2 is 1.97 bits per heavy atom. The Morgan fingerprint density at radius 1 is 1.19 bits per heavy atom. The molecule has 0 radical (unpaired) electrons. The van der Waals surface area contributed by atoms with E-state index in [1.165, 1.54) is 53.8 Å². The van der Waals surface area contributed by atoms with Crippen molar-refractivity contribution in [2.75, 3.05) is 44.8 Å². The zero-order valence-corrected chi connectivity index (χ0v) is 19.4. The molecule has 0 atom stereocenters. The molecule has 168 valence electrons. The summed E-state index contributed by atoms with van der Waals surface area (Å²) in [7, 11) is 0. The molecule has 0 saturated carbocycles. The molecule has 2 aromatic rings. The molecule has 1 aromatic heterocycles. The fraction of sp³-hybridized carbons (Fsp3) is 0.654. The molecule has 0 spiro atoms. The Kier molecular flexibility index (Phi) is 5.82. The van der Waals surface area contributed by atoms with Crippen molar-refractivity contribution in [1.29, 1.82) is 0 Å². The molecule has 31 heavy (non-hydrogen) atoms. The Bertz CT molecular complexity index is 944. The quantitative estimate of drug-likeness (QED) is 0.659. The van der Waals surface area contributed by atoms with Crippen LogP contribution in [0.4, 0.5) is 5.69 Å². The van der Waals surface area contributed by atoms with E-state index < -0.39 is 0 Å². The minimum atomic E-state index is 0.0663. The van der Waals surface area contributed by atoms with Gasteiger partial charge in [0.25, 0.3) is 0 Å². The molecule has 3 aliphatic heterocycles. The lowest BCUT2D eigenvalue weighted by molar-refractivity contribution is 0.0844. The number of fused-ring (bicyclic) bond motifs is 3. The van der Waals surface area contributed by atoms with Crippen LogP contribution in [0.2, 0.25) is 0 Å². The number of aromatic nitrogens is 1. The highest BCUT2D eigenvalue weighted by Crippen LogP contribution is 2.44. The van der Waals surface area contributed by atoms with Gasteiger partial charge in [0.1, 0.15) is 5.75 Å². The van der Waals surface area contributed by atoms with Crippen molar-refractivity contribution >= 4 is 16.6 Å². The van der Waals surface area contributed by atoms with Gasteiger partial charge in [-0.2, -0.15) is 0 Å². The lowest BCUT2D eigenvalue weighted by Gasteiger charge is -2.24. The van der Waals surface area contributed by atoms with Crippen molar-refractivity contribution < 1.29 is 9.47 Å². The van der Waals surface area contributed by atoms with Crippen LogP contribution in [-0.4, -0.2) is 54.9 Å². The van der Waals surface area contributed by atoms with Gasteiger partial charge in [0.2, 0.25) is 0 Å². The Morgan fingerprint density at radius 3 is 2.74 bits per heavy atom. The van der Waals surface area contributed by atoms with E-state index in [1.54, 1.807) is 0 Å². The molecular formula is C26H37N3O2. The summed E-state index contributed by atoms with van der Waals surface area (Å²) in [6.07, 6.45) is 6.94. The number of hydrogen-bond acceptors (Lipinski definition) is 5. The maximum absolute atomic E-state index is 6.24. The molecule has 1 N–H and O–H groups in total. The summed E-state index contributed by atoms with van der Waals surface area (Å²) in [5, 5.41) is 5.04. The fourth-order valence-electron chi connectivity index (χ4n) is 5.54. The molecule has 5 nitrogen and oxygen atoms in total. The van der Waals surface area contributed by atoms with Gasteiger partial charge in [-0.3, -0.25) is 4.98 Å². The summed E-state index contributed by atoms with van der Waals surface area (Å²) >= 11 is 0. The second-order valence-electron chi connectivity index (χ2n) is 10.3. The van der Waals surface area contributed by atoms with Crippen molar-refractivity contribution in [3.05, 3.63) is 29.0 Å². The summed E-state index contributed by atoms with van der Waals surface area (Å²) in [6.45, 7) is 12.8. The van der Waals surface area contributed by atoms with Crippen molar-refractivity contribution in [3.63, 3.8) is 0 Å². The second-order valence-corrected chi connectivity index (χ2v) is 10.3. The first-order valence-corrected chi connectivity index (χ1v) is 12.2. The number of hydrogen-bond donors (Lipinski definition) is 1. The number of pyridine rings is 1. The van der Waals surface area contributed by atoms with Crippen LogP contribution in [0.25, 0.3) is 10.9 Å². The van der Waals surface area contributed by atoms with Gasteiger partial charge >= 0.3 is 0 Å². The summed E-state index contributed by atoms with van der Waals surface area (Å²) in [5.41, 5.74) is 6.32. The maximum Gasteiger partial charge on any atom is 0.124 e. The van der Waals surface area contributed by atoms with E-state index in [4.69, 9.17) is 14.5 Å². The monoisotopic (exact) mass is 423 g/mol. The van der Waals surface area contributed by atoms with Crippen molar-refractivity contribution in [2.45, 2.75) is 70.8 Å². The Balaban J connectivity index is 1.42. The van der Waals surface area contributed by atoms with Crippen LogP contribution in [0, 0.1) is 6.92 Å². The number of aryl methyl sites for hydroxylation is 1. The van der Waals surface area contributed by atoms with E-state index in [1.807, 2.05) is 0 Å². The van der Waals surface area contributed by atoms with Gasteiger partial charge in [0.05, 0.1) is 12.1 Å². The minimum absolute atomic E-state index is 0.0663. The molecule has 0 aliphatic carbocycles. The van der Waals surface area contributed by atoms with Crippen LogP contribution in [0.15, 0.2) is 12.1 Å². The summed E-state index contributed by atoms with van der Waals surface area (Å²) in [4.78, 5) is 7.80. The van der Waals surface area contributed by atoms with Crippen molar-refractivity contribution in [2.24, 2.45) is 0 Å². The second kappa shape index (κ2) is 8.59. The van der Waals surface area contributed by atoms with Gasteiger partial charge in [0, 0.05) is 59.6 Å². The summed E-state index contributed by atoms with van der Waals surface area (Å²) in [5.74, 6) is 1.48. The van der Waals surface area contributed by atoms with Crippen LogP contribution in [0.1, 0.15) is 68.7 Å². The fourth-order valence-corrected chi connectivity index (χ4v) is 5.54. The summed E-state index contributed by atoms with van der Waals surface area (Å²) < 4.78 is 11.9. The third-order valence-corrected chi connectivity index (χ3v) is 7.18. The molecule has 0 amide bonds. The lowest BCUT2D eigenvalue weighted by atomic mass is 9.88. The first-order valence-electron chi connectivity index (χ1n) is 12.2. The van der Waals surface area contributed by atoms with Crippen molar-refractivity contribution in [1.82, 2.24) is 9.88 Å². The van der Waals surface area contributed by atoms with Crippen molar-refractivity contribution in [3.8, 4) is 5.75 Å². The summed E-state index contributed by atoms with van der Waals surface area (Å²) in [6, 6.07) is 4.45. The zero-order chi connectivity index (χ0) is 21.4. The smallest absolute Gasteiger partial charge is 0.124 e. The van der Waals surface area contributed by atoms with Gasteiger partial charge in [-0.15, -0.1) is 0 Å². The highest BCUT2D eigenvalue weighted by Gasteiger charge is 2.34.